The molecule has 2 bridgehead atoms. The number of carbonyl (C=O) groups is 2. The maximum atomic E-state index is 12.3. The monoisotopic (exact) mass is 287 g/mol. The van der Waals surface area contributed by atoms with Crippen LogP contribution in [-0.4, -0.2) is 65.7 Å². The summed E-state index contributed by atoms with van der Waals surface area (Å²) in [5.74, 6) is -1.05. The van der Waals surface area contributed by atoms with E-state index in [4.69, 9.17) is 14.2 Å². The van der Waals surface area contributed by atoms with Crippen LogP contribution in [0.5, 0.6) is 0 Å². The van der Waals surface area contributed by atoms with Crippen molar-refractivity contribution in [3.63, 3.8) is 0 Å². The molecule has 2 atom stereocenters. The van der Waals surface area contributed by atoms with E-state index >= 15 is 0 Å². The first-order valence-corrected chi connectivity index (χ1v) is 6.51. The van der Waals surface area contributed by atoms with Gasteiger partial charge in [0.25, 0.3) is 0 Å². The van der Waals surface area contributed by atoms with Crippen molar-refractivity contribution in [2.24, 2.45) is 0 Å². The highest BCUT2D eigenvalue weighted by Crippen LogP contribution is 2.46. The molecule has 20 heavy (non-hydrogen) atoms. The largest absolute Gasteiger partial charge is 0.479 e. The maximum absolute atomic E-state index is 12.3. The van der Waals surface area contributed by atoms with Gasteiger partial charge in [-0.25, -0.2) is 9.59 Å². The van der Waals surface area contributed by atoms with Crippen molar-refractivity contribution in [2.75, 3.05) is 26.9 Å². The molecular formula is C13H21NO6. The third-order valence-electron chi connectivity index (χ3n) is 3.63. The van der Waals surface area contributed by atoms with E-state index in [-0.39, 0.29) is 26.2 Å². The zero-order valence-corrected chi connectivity index (χ0v) is 12.3. The number of hydrogen-bond acceptors (Lipinski definition) is 5. The number of nitrogens with zero attached hydrogens (tertiary/aromatic N) is 1. The summed E-state index contributed by atoms with van der Waals surface area (Å²) in [5.41, 5.74) is -2.73. The van der Waals surface area contributed by atoms with Crippen LogP contribution < -0.4 is 0 Å². The summed E-state index contributed by atoms with van der Waals surface area (Å²) < 4.78 is 16.0. The molecule has 2 aliphatic rings. The molecule has 0 saturated carbocycles. The minimum absolute atomic E-state index is 0.0133. The van der Waals surface area contributed by atoms with E-state index in [1.54, 1.807) is 20.8 Å². The fraction of sp³-hybridized carbons (Fsp3) is 0.846. The van der Waals surface area contributed by atoms with Gasteiger partial charge in [-0.05, 0) is 20.8 Å². The van der Waals surface area contributed by atoms with Crippen molar-refractivity contribution in [1.29, 1.82) is 0 Å². The minimum Gasteiger partial charge on any atom is -0.479 e. The van der Waals surface area contributed by atoms with Gasteiger partial charge in [0.2, 0.25) is 0 Å². The molecule has 7 nitrogen and oxygen atoms in total. The molecule has 0 radical (unpaired) electrons. The van der Waals surface area contributed by atoms with E-state index in [0.29, 0.717) is 0 Å². The lowest BCUT2D eigenvalue weighted by Crippen LogP contribution is -2.57. The Hall–Kier alpha value is -1.34. The van der Waals surface area contributed by atoms with Crippen LogP contribution in [0.1, 0.15) is 27.2 Å². The van der Waals surface area contributed by atoms with Gasteiger partial charge in [0, 0.05) is 13.5 Å². The van der Waals surface area contributed by atoms with E-state index in [1.807, 2.05) is 0 Å². The predicted molar refractivity (Wildman–Crippen MR) is 68.5 cm³/mol. The lowest BCUT2D eigenvalue weighted by molar-refractivity contribution is -0.164. The number of amides is 1. The number of carboxylic acids is 1. The summed E-state index contributed by atoms with van der Waals surface area (Å²) in [7, 11) is 1.51. The highest BCUT2D eigenvalue weighted by atomic mass is 16.6. The van der Waals surface area contributed by atoms with E-state index in [0.717, 1.165) is 0 Å². The van der Waals surface area contributed by atoms with Gasteiger partial charge in [0.15, 0.2) is 5.60 Å². The number of rotatable bonds is 3. The average Bonchev–Trinajstić information content (AvgIpc) is 2.81. The summed E-state index contributed by atoms with van der Waals surface area (Å²) in [4.78, 5) is 25.2. The van der Waals surface area contributed by atoms with E-state index in [2.05, 4.69) is 0 Å². The number of carboxylic acid groups (broad SMARTS) is 1. The first kappa shape index (κ1) is 15.1. The molecule has 0 spiro atoms. The highest BCUT2D eigenvalue weighted by molar-refractivity contribution is 5.82. The molecule has 114 valence electrons. The van der Waals surface area contributed by atoms with E-state index in [9.17, 15) is 14.7 Å². The summed E-state index contributed by atoms with van der Waals surface area (Å²) in [6.07, 6.45) is -0.302. The first-order valence-electron chi connectivity index (χ1n) is 6.51. The number of ether oxygens (including phenoxy) is 3. The lowest BCUT2D eigenvalue weighted by atomic mass is 9.95. The highest BCUT2D eigenvalue weighted by Gasteiger charge is 2.66. The first-order chi connectivity index (χ1) is 9.14. The Kier molecular flexibility index (Phi) is 3.46. The number of hydrogen-bond donors (Lipinski definition) is 1. The molecule has 2 saturated heterocycles. The van der Waals surface area contributed by atoms with Gasteiger partial charge >= 0.3 is 12.1 Å². The number of carbonyl (C=O) groups excluding carboxylic acids is 1. The second-order valence-electron chi connectivity index (χ2n) is 6.49. The fourth-order valence-electron chi connectivity index (χ4n) is 2.82. The van der Waals surface area contributed by atoms with Crippen molar-refractivity contribution in [3.8, 4) is 0 Å². The lowest BCUT2D eigenvalue weighted by Gasteiger charge is -2.39. The number of morpholine rings is 1. The van der Waals surface area contributed by atoms with Crippen LogP contribution in [0, 0.1) is 0 Å². The molecule has 2 unspecified atom stereocenters. The Morgan fingerprint density at radius 1 is 1.40 bits per heavy atom. The van der Waals surface area contributed by atoms with Crippen LogP contribution in [0.4, 0.5) is 4.79 Å². The molecule has 2 rings (SSSR count). The molecule has 0 aromatic rings. The second kappa shape index (κ2) is 4.60. The number of fused-ring (bicyclic) bond motifs is 2. The summed E-state index contributed by atoms with van der Waals surface area (Å²) in [5, 5.41) is 9.36. The average molecular weight is 287 g/mol. The van der Waals surface area contributed by atoms with Gasteiger partial charge in [-0.2, -0.15) is 0 Å². The van der Waals surface area contributed by atoms with Gasteiger partial charge in [-0.1, -0.05) is 0 Å². The van der Waals surface area contributed by atoms with Crippen LogP contribution in [0.3, 0.4) is 0 Å². The van der Waals surface area contributed by atoms with Crippen LogP contribution in [-0.2, 0) is 19.0 Å². The van der Waals surface area contributed by atoms with Gasteiger partial charge in [-0.3, -0.25) is 4.90 Å². The zero-order valence-electron chi connectivity index (χ0n) is 12.3. The molecule has 2 fully saturated rings. The Balaban J connectivity index is 2.24. The Morgan fingerprint density at radius 3 is 2.55 bits per heavy atom. The number of methoxy groups -OCH3 is 1. The molecule has 1 amide bonds. The maximum Gasteiger partial charge on any atom is 0.411 e. The Morgan fingerprint density at radius 2 is 2.05 bits per heavy atom. The predicted octanol–water partition coefficient (Wildman–Crippen LogP) is 0.866. The molecule has 7 heteroatoms. The van der Waals surface area contributed by atoms with Crippen molar-refractivity contribution in [3.05, 3.63) is 0 Å². The van der Waals surface area contributed by atoms with E-state index < -0.39 is 28.8 Å². The number of likely N-dealkylation sites (tertiary alicyclic amines) is 1. The minimum atomic E-state index is -1.34. The molecular weight excluding hydrogens is 266 g/mol. The van der Waals surface area contributed by atoms with Crippen LogP contribution in [0.15, 0.2) is 0 Å². The third-order valence-corrected chi connectivity index (χ3v) is 3.63. The topological polar surface area (TPSA) is 85.3 Å². The zero-order chi connectivity index (χ0) is 15.2. The van der Waals surface area contributed by atoms with Crippen molar-refractivity contribution in [2.45, 2.75) is 43.9 Å². The third kappa shape index (κ3) is 2.35. The molecule has 0 aliphatic carbocycles. The molecule has 0 aromatic carbocycles. The molecule has 2 heterocycles. The standard InChI is InChI=1S/C13H21NO6/c1-11(2,3)20-10(17)14-6-13(9(15)16)5-12(14,7-18-4)8-19-13/h5-8H2,1-4H3,(H,15,16). The summed E-state index contributed by atoms with van der Waals surface area (Å²) in [6.45, 7) is 5.66. The SMILES string of the molecule is COCC12COC(C(=O)O)(CN1C(=O)OC(C)(C)C)C2. The smallest absolute Gasteiger partial charge is 0.411 e. The van der Waals surface area contributed by atoms with Gasteiger partial charge < -0.3 is 19.3 Å². The number of aliphatic carboxylic acids is 1. The Bertz CT molecular complexity index is 431. The van der Waals surface area contributed by atoms with Gasteiger partial charge in [0.1, 0.15) is 5.60 Å². The van der Waals surface area contributed by atoms with Crippen molar-refractivity contribution < 1.29 is 28.9 Å². The molecule has 1 N–H and O–H groups in total. The fourth-order valence-corrected chi connectivity index (χ4v) is 2.82. The molecule has 0 aromatic heterocycles. The van der Waals surface area contributed by atoms with Crippen LogP contribution >= 0.6 is 0 Å². The summed E-state index contributed by atoms with van der Waals surface area (Å²) in [6, 6.07) is 0. The van der Waals surface area contributed by atoms with Gasteiger partial charge in [0.05, 0.1) is 25.3 Å². The van der Waals surface area contributed by atoms with E-state index in [1.165, 1.54) is 12.0 Å². The molecule has 2 aliphatic heterocycles. The van der Waals surface area contributed by atoms with Crippen molar-refractivity contribution >= 4 is 12.1 Å². The van der Waals surface area contributed by atoms with Gasteiger partial charge in [-0.15, -0.1) is 0 Å². The van der Waals surface area contributed by atoms with Crippen LogP contribution in [0.25, 0.3) is 0 Å². The van der Waals surface area contributed by atoms with Crippen LogP contribution in [0.2, 0.25) is 0 Å². The normalized spacial score (nSPS) is 32.5. The summed E-state index contributed by atoms with van der Waals surface area (Å²) >= 11 is 0. The quantitative estimate of drug-likeness (QED) is 0.829. The Labute approximate surface area is 117 Å². The van der Waals surface area contributed by atoms with Crippen molar-refractivity contribution in [1.82, 2.24) is 4.90 Å². The second-order valence-corrected chi connectivity index (χ2v) is 6.49.